The molecule has 0 N–H and O–H groups in total. The van der Waals surface area contributed by atoms with Crippen LogP contribution in [0, 0.1) is 11.8 Å². The number of carbonyl (C=O) groups excluding carboxylic acids is 2. The molecule has 29 heavy (non-hydrogen) atoms. The van der Waals surface area contributed by atoms with Gasteiger partial charge in [0.15, 0.2) is 0 Å². The molecule has 0 radical (unpaired) electrons. The molecule has 1 saturated heterocycles. The number of hydrogen-bond acceptors (Lipinski definition) is 3. The Morgan fingerprint density at radius 3 is 1.45 bits per heavy atom. The minimum absolute atomic E-state index is 0.184. The van der Waals surface area contributed by atoms with Crippen molar-refractivity contribution in [3.8, 4) is 0 Å². The molecule has 4 nitrogen and oxygen atoms in total. The van der Waals surface area contributed by atoms with Gasteiger partial charge in [0, 0.05) is 12.4 Å². The van der Waals surface area contributed by atoms with Gasteiger partial charge < -0.3 is 0 Å². The molecule has 6 heteroatoms. The lowest BCUT2D eigenvalue weighted by atomic mass is 9.54. The van der Waals surface area contributed by atoms with Crippen LogP contribution in [0.3, 0.4) is 0 Å². The van der Waals surface area contributed by atoms with E-state index in [0.29, 0.717) is 5.69 Å². The van der Waals surface area contributed by atoms with E-state index in [9.17, 15) is 9.59 Å². The summed E-state index contributed by atoms with van der Waals surface area (Å²) in [5, 5.41) is 0. The molecule has 3 aliphatic carbocycles. The van der Waals surface area contributed by atoms with Gasteiger partial charge in [0.1, 0.15) is 0 Å². The van der Waals surface area contributed by atoms with E-state index in [-0.39, 0.29) is 11.8 Å². The fourth-order valence-corrected chi connectivity index (χ4v) is 7.72. The monoisotopic (exact) mass is 508 g/mol. The first-order valence-electron chi connectivity index (χ1n) is 9.36. The summed E-state index contributed by atoms with van der Waals surface area (Å²) < 4.78 is -1.51. The minimum Gasteiger partial charge on any atom is -0.274 e. The minimum atomic E-state index is -0.755. The molecule has 1 aliphatic heterocycles. The van der Waals surface area contributed by atoms with Crippen molar-refractivity contribution in [3.63, 3.8) is 0 Å². The number of benzene rings is 2. The van der Waals surface area contributed by atoms with Crippen LogP contribution in [0.25, 0.3) is 0 Å². The van der Waals surface area contributed by atoms with E-state index in [1.165, 1.54) is 4.90 Å². The number of rotatable bonds is 1. The van der Waals surface area contributed by atoms with Gasteiger partial charge in [-0.3, -0.25) is 14.6 Å². The van der Waals surface area contributed by atoms with Gasteiger partial charge in [0.2, 0.25) is 11.8 Å². The van der Waals surface area contributed by atoms with Gasteiger partial charge in [-0.2, -0.15) is 0 Å². The SMILES string of the molecule is O=C1[C@@H]2[C@@H](C(=O)N1c1ccncc1)C1(Br)c3ccccc3C2(Br)c2ccccc21. The number of aromatic nitrogens is 1. The van der Waals surface area contributed by atoms with E-state index in [1.54, 1.807) is 24.5 Å². The number of imide groups is 1. The number of nitrogens with zero attached hydrogens (tertiary/aromatic N) is 2. The molecule has 2 aromatic carbocycles. The molecule has 2 bridgehead atoms. The Hall–Kier alpha value is -2.31. The average Bonchev–Trinajstić information content (AvgIpc) is 3.04. The molecule has 7 rings (SSSR count). The van der Waals surface area contributed by atoms with Crippen molar-refractivity contribution in [1.82, 2.24) is 4.98 Å². The van der Waals surface area contributed by atoms with Crippen molar-refractivity contribution in [1.29, 1.82) is 0 Å². The molecule has 0 saturated carbocycles. The zero-order chi connectivity index (χ0) is 20.0. The lowest BCUT2D eigenvalue weighted by molar-refractivity contribution is -0.122. The summed E-state index contributed by atoms with van der Waals surface area (Å²) in [5.41, 5.74) is 4.71. The van der Waals surface area contributed by atoms with E-state index >= 15 is 0 Å². The molecule has 142 valence electrons. The molecule has 4 aliphatic rings. The third-order valence-corrected chi connectivity index (χ3v) is 9.20. The summed E-state index contributed by atoms with van der Waals surface area (Å²) in [6, 6.07) is 19.6. The number of anilines is 1. The second kappa shape index (κ2) is 5.64. The summed E-state index contributed by atoms with van der Waals surface area (Å²) in [4.78, 5) is 32.8. The largest absolute Gasteiger partial charge is 0.274 e. The van der Waals surface area contributed by atoms with Crippen LogP contribution in [0.15, 0.2) is 73.1 Å². The number of hydrogen-bond donors (Lipinski definition) is 0. The highest BCUT2D eigenvalue weighted by Crippen LogP contribution is 2.70. The Labute approximate surface area is 184 Å². The van der Waals surface area contributed by atoms with Gasteiger partial charge in [-0.1, -0.05) is 80.4 Å². The second-order valence-electron chi connectivity index (χ2n) is 7.69. The van der Waals surface area contributed by atoms with Crippen molar-refractivity contribution >= 4 is 49.4 Å². The third-order valence-electron chi connectivity index (χ3n) is 6.51. The third kappa shape index (κ3) is 1.87. The number of amides is 2. The van der Waals surface area contributed by atoms with Crippen LogP contribution < -0.4 is 4.90 Å². The summed E-state index contributed by atoms with van der Waals surface area (Å²) in [6.07, 6.45) is 3.20. The van der Waals surface area contributed by atoms with Crippen LogP contribution in [0.2, 0.25) is 0 Å². The molecule has 1 fully saturated rings. The smallest absolute Gasteiger partial charge is 0.239 e. The van der Waals surface area contributed by atoms with Crippen molar-refractivity contribution in [2.24, 2.45) is 11.8 Å². The molecule has 2 amide bonds. The molecule has 2 atom stereocenters. The van der Waals surface area contributed by atoms with Crippen LogP contribution in [-0.4, -0.2) is 16.8 Å². The number of pyridine rings is 1. The average molecular weight is 510 g/mol. The van der Waals surface area contributed by atoms with E-state index in [2.05, 4.69) is 61.1 Å². The lowest BCUT2D eigenvalue weighted by Gasteiger charge is -2.55. The van der Waals surface area contributed by atoms with Crippen molar-refractivity contribution < 1.29 is 9.59 Å². The van der Waals surface area contributed by atoms with Crippen molar-refractivity contribution in [2.45, 2.75) is 8.65 Å². The van der Waals surface area contributed by atoms with Crippen LogP contribution in [0.1, 0.15) is 22.3 Å². The fourth-order valence-electron chi connectivity index (χ4n) is 5.41. The topological polar surface area (TPSA) is 50.3 Å². The number of alkyl halides is 2. The number of halogens is 2. The van der Waals surface area contributed by atoms with Crippen molar-refractivity contribution in [2.75, 3.05) is 4.90 Å². The predicted molar refractivity (Wildman–Crippen MR) is 116 cm³/mol. The van der Waals surface area contributed by atoms with E-state index in [0.717, 1.165) is 22.3 Å². The van der Waals surface area contributed by atoms with Gasteiger partial charge in [0.25, 0.3) is 0 Å². The second-order valence-corrected chi connectivity index (χ2v) is 10.2. The van der Waals surface area contributed by atoms with E-state index in [4.69, 9.17) is 0 Å². The van der Waals surface area contributed by atoms with E-state index in [1.807, 2.05) is 24.3 Å². The maximum atomic E-state index is 13.7. The van der Waals surface area contributed by atoms with Crippen LogP contribution in [0.4, 0.5) is 5.69 Å². The molecule has 3 aromatic rings. The highest BCUT2D eigenvalue weighted by molar-refractivity contribution is 9.10. The summed E-state index contributed by atoms with van der Waals surface area (Å²) in [6.45, 7) is 0. The fraction of sp³-hybridized carbons (Fsp3) is 0.174. The molecule has 0 spiro atoms. The Balaban J connectivity index is 1.69. The van der Waals surface area contributed by atoms with Crippen LogP contribution in [-0.2, 0) is 18.2 Å². The van der Waals surface area contributed by atoms with E-state index < -0.39 is 20.5 Å². The standard InChI is InChI=1S/C23H14Br2N2O2/c24-22-14-5-1-2-6-15(14)23(25,17-8-4-3-7-16(17)22)19-18(22)20(28)27(21(19)29)13-9-11-26-12-10-13/h1-12,18-19H/t18-,19-,22?,23?/m0/s1. The summed E-state index contributed by atoms with van der Waals surface area (Å²) in [5.74, 6) is -1.47. The van der Waals surface area contributed by atoms with Crippen LogP contribution in [0.5, 0.6) is 0 Å². The highest BCUT2D eigenvalue weighted by atomic mass is 79.9. The normalized spacial score (nSPS) is 31.4. The van der Waals surface area contributed by atoms with Gasteiger partial charge in [0.05, 0.1) is 26.2 Å². The molecule has 1 aromatic heterocycles. The molecule has 0 unspecified atom stereocenters. The molecular weight excluding hydrogens is 496 g/mol. The molecule has 2 heterocycles. The summed E-state index contributed by atoms with van der Waals surface area (Å²) >= 11 is 7.99. The zero-order valence-electron chi connectivity index (χ0n) is 15.0. The van der Waals surface area contributed by atoms with Gasteiger partial charge in [-0.25, -0.2) is 4.90 Å². The number of carbonyl (C=O) groups is 2. The maximum Gasteiger partial charge on any atom is 0.239 e. The Morgan fingerprint density at radius 2 is 1.07 bits per heavy atom. The molecular formula is C23H14Br2N2O2. The first-order chi connectivity index (χ1) is 14.0. The first kappa shape index (κ1) is 17.5. The first-order valence-corrected chi connectivity index (χ1v) is 10.9. The van der Waals surface area contributed by atoms with Crippen LogP contribution >= 0.6 is 31.9 Å². The lowest BCUT2D eigenvalue weighted by Crippen LogP contribution is -2.56. The van der Waals surface area contributed by atoms with Gasteiger partial charge in [-0.05, 0) is 34.4 Å². The Bertz CT molecular complexity index is 1090. The Kier molecular flexibility index (Phi) is 3.41. The van der Waals surface area contributed by atoms with Gasteiger partial charge in [-0.15, -0.1) is 0 Å². The van der Waals surface area contributed by atoms with Crippen molar-refractivity contribution in [3.05, 3.63) is 95.3 Å². The predicted octanol–water partition coefficient (Wildman–Crippen LogP) is 4.49. The highest BCUT2D eigenvalue weighted by Gasteiger charge is 2.72. The van der Waals surface area contributed by atoms with Gasteiger partial charge >= 0.3 is 0 Å². The summed E-state index contributed by atoms with van der Waals surface area (Å²) in [7, 11) is 0. The quantitative estimate of drug-likeness (QED) is 0.358. The maximum absolute atomic E-state index is 13.7. The zero-order valence-corrected chi connectivity index (χ0v) is 18.2. The Morgan fingerprint density at radius 1 is 0.690 bits per heavy atom.